The Labute approximate surface area is 116 Å². The lowest BCUT2D eigenvalue weighted by Crippen LogP contribution is -2.14. The molecule has 4 nitrogen and oxygen atoms in total. The van der Waals surface area contributed by atoms with Gasteiger partial charge in [0.1, 0.15) is 17.5 Å². The predicted octanol–water partition coefficient (Wildman–Crippen LogP) is 3.32. The highest BCUT2D eigenvalue weighted by molar-refractivity contribution is 5.47. The molecule has 1 aromatic rings. The van der Waals surface area contributed by atoms with Gasteiger partial charge in [0, 0.05) is 25.6 Å². The molecule has 2 unspecified atom stereocenters. The largest absolute Gasteiger partial charge is 0.370 e. The van der Waals surface area contributed by atoms with Crippen LogP contribution in [0.25, 0.3) is 0 Å². The molecule has 0 bridgehead atoms. The summed E-state index contributed by atoms with van der Waals surface area (Å²) in [6.07, 6.45) is 4.94. The second-order valence-electron chi connectivity index (χ2n) is 5.60. The van der Waals surface area contributed by atoms with Crippen LogP contribution in [0.3, 0.4) is 0 Å². The number of aryl methyl sites for hydroxylation is 1. The second kappa shape index (κ2) is 6.73. The smallest absolute Gasteiger partial charge is 0.132 e. The monoisotopic (exact) mass is 262 g/mol. The molecule has 2 N–H and O–H groups in total. The molecule has 106 valence electrons. The summed E-state index contributed by atoms with van der Waals surface area (Å²) in [6.45, 7) is 8.45. The van der Waals surface area contributed by atoms with Crippen molar-refractivity contribution in [2.24, 2.45) is 11.8 Å². The lowest BCUT2D eigenvalue weighted by atomic mass is 10.1. The summed E-state index contributed by atoms with van der Waals surface area (Å²) < 4.78 is 0. The molecule has 1 heterocycles. The third-order valence-electron chi connectivity index (χ3n) is 3.82. The molecule has 0 saturated heterocycles. The highest BCUT2D eigenvalue weighted by Gasteiger charge is 2.21. The van der Waals surface area contributed by atoms with Crippen LogP contribution in [0.15, 0.2) is 6.07 Å². The lowest BCUT2D eigenvalue weighted by molar-refractivity contribution is 0.536. The number of hydrogen-bond acceptors (Lipinski definition) is 4. The summed E-state index contributed by atoms with van der Waals surface area (Å²) in [4.78, 5) is 9.02. The van der Waals surface area contributed by atoms with Crippen LogP contribution in [0.4, 0.5) is 11.6 Å². The van der Waals surface area contributed by atoms with Gasteiger partial charge in [-0.1, -0.05) is 20.3 Å². The minimum Gasteiger partial charge on any atom is -0.370 e. The molecular formula is C15H26N4. The van der Waals surface area contributed by atoms with E-state index in [-0.39, 0.29) is 0 Å². The number of rotatable bonds is 6. The van der Waals surface area contributed by atoms with Gasteiger partial charge in [0.2, 0.25) is 0 Å². The maximum absolute atomic E-state index is 4.55. The number of nitrogens with zero attached hydrogens (tertiary/aromatic N) is 2. The van der Waals surface area contributed by atoms with Crippen molar-refractivity contribution in [3.05, 3.63) is 11.9 Å². The zero-order valence-corrected chi connectivity index (χ0v) is 12.4. The average Bonchev–Trinajstić information content (AvgIpc) is 2.82. The Morgan fingerprint density at radius 2 is 1.89 bits per heavy atom. The topological polar surface area (TPSA) is 49.8 Å². The summed E-state index contributed by atoms with van der Waals surface area (Å²) in [5.74, 6) is 4.48. The number of aromatic nitrogens is 2. The van der Waals surface area contributed by atoms with Crippen molar-refractivity contribution < 1.29 is 0 Å². The van der Waals surface area contributed by atoms with Crippen LogP contribution in [0.1, 0.15) is 45.9 Å². The van der Waals surface area contributed by atoms with Crippen LogP contribution >= 0.6 is 0 Å². The summed E-state index contributed by atoms with van der Waals surface area (Å²) in [5, 5.41) is 6.76. The molecule has 2 rings (SSSR count). The maximum Gasteiger partial charge on any atom is 0.132 e. The minimum atomic E-state index is 0.803. The van der Waals surface area contributed by atoms with Crippen LogP contribution in [0, 0.1) is 11.8 Å². The van der Waals surface area contributed by atoms with E-state index in [1.54, 1.807) is 0 Å². The van der Waals surface area contributed by atoms with Crippen molar-refractivity contribution in [3.8, 4) is 0 Å². The van der Waals surface area contributed by atoms with Crippen LogP contribution in [0.5, 0.6) is 0 Å². The first-order valence-electron chi connectivity index (χ1n) is 7.57. The number of hydrogen-bond donors (Lipinski definition) is 2. The first-order chi connectivity index (χ1) is 9.21. The summed E-state index contributed by atoms with van der Waals surface area (Å²) in [6, 6.07) is 2.01. The predicted molar refractivity (Wildman–Crippen MR) is 80.6 cm³/mol. The normalized spacial score (nSPS) is 22.5. The molecule has 1 saturated carbocycles. The first-order valence-corrected chi connectivity index (χ1v) is 7.57. The SMILES string of the molecule is CCNc1cc(NCC2CCC(C)C2)nc(CC)n1. The van der Waals surface area contributed by atoms with E-state index in [1.807, 2.05) is 6.07 Å². The molecule has 0 radical (unpaired) electrons. The fourth-order valence-electron chi connectivity index (χ4n) is 2.78. The zero-order valence-electron chi connectivity index (χ0n) is 12.4. The summed E-state index contributed by atoms with van der Waals surface area (Å²) in [5.41, 5.74) is 0. The number of nitrogens with one attached hydrogen (secondary N) is 2. The third kappa shape index (κ3) is 4.08. The van der Waals surface area contributed by atoms with E-state index in [2.05, 4.69) is 41.4 Å². The molecule has 2 atom stereocenters. The van der Waals surface area contributed by atoms with Crippen molar-refractivity contribution in [1.29, 1.82) is 0 Å². The Balaban J connectivity index is 1.96. The van der Waals surface area contributed by atoms with Gasteiger partial charge in [-0.3, -0.25) is 0 Å². The first kappa shape index (κ1) is 14.1. The average molecular weight is 262 g/mol. The van der Waals surface area contributed by atoms with Crippen LogP contribution in [0.2, 0.25) is 0 Å². The Kier molecular flexibility index (Phi) is 5.00. The molecule has 1 aromatic heterocycles. The summed E-state index contributed by atoms with van der Waals surface area (Å²) >= 11 is 0. The molecule has 0 amide bonds. The van der Waals surface area contributed by atoms with E-state index < -0.39 is 0 Å². The van der Waals surface area contributed by atoms with Gasteiger partial charge < -0.3 is 10.6 Å². The van der Waals surface area contributed by atoms with Gasteiger partial charge in [0.05, 0.1) is 0 Å². The molecule has 1 aliphatic rings. The number of anilines is 2. The van der Waals surface area contributed by atoms with Crippen molar-refractivity contribution in [2.75, 3.05) is 23.7 Å². The molecule has 1 aliphatic carbocycles. The molecule has 0 spiro atoms. The van der Waals surface area contributed by atoms with Crippen molar-refractivity contribution >= 4 is 11.6 Å². The Morgan fingerprint density at radius 1 is 1.16 bits per heavy atom. The van der Waals surface area contributed by atoms with Gasteiger partial charge in [0.15, 0.2) is 0 Å². The van der Waals surface area contributed by atoms with Crippen molar-refractivity contribution in [2.45, 2.75) is 46.5 Å². The standard InChI is InChI=1S/C15H26N4/c1-4-13-18-14(16-5-2)9-15(19-13)17-10-12-7-6-11(3)8-12/h9,11-12H,4-8,10H2,1-3H3,(H2,16,17,18,19). The molecule has 0 aliphatic heterocycles. The second-order valence-corrected chi connectivity index (χ2v) is 5.60. The van der Waals surface area contributed by atoms with Crippen molar-refractivity contribution in [3.63, 3.8) is 0 Å². The third-order valence-corrected chi connectivity index (χ3v) is 3.82. The highest BCUT2D eigenvalue weighted by atomic mass is 15.1. The van der Waals surface area contributed by atoms with Gasteiger partial charge >= 0.3 is 0 Å². The highest BCUT2D eigenvalue weighted by Crippen LogP contribution is 2.30. The van der Waals surface area contributed by atoms with E-state index in [9.17, 15) is 0 Å². The Morgan fingerprint density at radius 3 is 2.47 bits per heavy atom. The maximum atomic E-state index is 4.55. The van der Waals surface area contributed by atoms with Gasteiger partial charge in [-0.2, -0.15) is 0 Å². The van der Waals surface area contributed by atoms with Crippen molar-refractivity contribution in [1.82, 2.24) is 9.97 Å². The molecule has 1 fully saturated rings. The van der Waals surface area contributed by atoms with Gasteiger partial charge in [-0.25, -0.2) is 9.97 Å². The quantitative estimate of drug-likeness (QED) is 0.825. The van der Waals surface area contributed by atoms with E-state index in [0.29, 0.717) is 0 Å². The van der Waals surface area contributed by atoms with E-state index in [0.717, 1.165) is 48.8 Å². The van der Waals surface area contributed by atoms with Gasteiger partial charge in [-0.05, 0) is 31.6 Å². The van der Waals surface area contributed by atoms with E-state index >= 15 is 0 Å². The van der Waals surface area contributed by atoms with Crippen LogP contribution < -0.4 is 10.6 Å². The Hall–Kier alpha value is -1.32. The van der Waals surface area contributed by atoms with Crippen LogP contribution in [-0.4, -0.2) is 23.1 Å². The van der Waals surface area contributed by atoms with Crippen LogP contribution in [-0.2, 0) is 6.42 Å². The molecular weight excluding hydrogens is 236 g/mol. The fraction of sp³-hybridized carbons (Fsp3) is 0.733. The zero-order chi connectivity index (χ0) is 13.7. The van der Waals surface area contributed by atoms with Gasteiger partial charge in [-0.15, -0.1) is 0 Å². The molecule has 19 heavy (non-hydrogen) atoms. The lowest BCUT2D eigenvalue weighted by Gasteiger charge is -2.13. The van der Waals surface area contributed by atoms with E-state index in [1.165, 1.54) is 19.3 Å². The molecule has 0 aromatic carbocycles. The summed E-state index contributed by atoms with van der Waals surface area (Å²) in [7, 11) is 0. The fourth-order valence-corrected chi connectivity index (χ4v) is 2.78. The molecule has 4 heteroatoms. The van der Waals surface area contributed by atoms with E-state index in [4.69, 9.17) is 0 Å². The Bertz CT molecular complexity index is 405. The minimum absolute atomic E-state index is 0.803. The van der Waals surface area contributed by atoms with Gasteiger partial charge in [0.25, 0.3) is 0 Å².